The lowest BCUT2D eigenvalue weighted by molar-refractivity contribution is 0.622. The van der Waals surface area contributed by atoms with E-state index in [4.69, 9.17) is 11.0 Å². The second-order valence-electron chi connectivity index (χ2n) is 2.75. The number of allylic oxidation sites excluding steroid dienone is 1. The first-order valence-electron chi connectivity index (χ1n) is 3.88. The largest absolute Gasteiger partial charge is 0.397 e. The van der Waals surface area contributed by atoms with Crippen molar-refractivity contribution in [2.45, 2.75) is 6.92 Å². The fraction of sp³-hybridized carbons (Fsp3) is 0.100. The van der Waals surface area contributed by atoms with Crippen LogP contribution >= 0.6 is 15.9 Å². The van der Waals surface area contributed by atoms with Crippen LogP contribution in [0.25, 0.3) is 5.70 Å². The van der Waals surface area contributed by atoms with E-state index in [1.165, 1.54) is 6.07 Å². The van der Waals surface area contributed by atoms with Crippen LogP contribution in [-0.2, 0) is 0 Å². The molecule has 0 spiro atoms. The van der Waals surface area contributed by atoms with Crippen LogP contribution < -0.4 is 5.73 Å². The van der Waals surface area contributed by atoms with E-state index >= 15 is 0 Å². The molecule has 0 aromatic heterocycles. The Hall–Kier alpha value is -1.34. The molecule has 14 heavy (non-hydrogen) atoms. The van der Waals surface area contributed by atoms with Gasteiger partial charge in [0.05, 0.1) is 17.3 Å². The van der Waals surface area contributed by atoms with Crippen molar-refractivity contribution < 1.29 is 4.39 Å². The number of hydrogen-bond acceptors (Lipinski definition) is 2. The Morgan fingerprint density at radius 3 is 2.71 bits per heavy atom. The molecule has 0 fully saturated rings. The molecular formula is C10H8BrFN2. The molecule has 0 amide bonds. The van der Waals surface area contributed by atoms with E-state index < -0.39 is 5.82 Å². The van der Waals surface area contributed by atoms with Crippen LogP contribution in [0.2, 0.25) is 0 Å². The van der Waals surface area contributed by atoms with Crippen molar-refractivity contribution in [2.24, 2.45) is 5.73 Å². The molecule has 1 aromatic carbocycles. The minimum absolute atomic E-state index is 0.164. The molecule has 0 bridgehead atoms. The lowest BCUT2D eigenvalue weighted by atomic mass is 10.1. The standard InChI is InChI=1S/C10H8BrFN2/c1-6(5-13)10(14)9-7(11)3-2-4-8(9)12/h2-4H,14H2,1H3/b10-6-. The van der Waals surface area contributed by atoms with E-state index in [1.807, 2.05) is 6.07 Å². The molecule has 1 rings (SSSR count). The molecule has 0 heterocycles. The van der Waals surface area contributed by atoms with Gasteiger partial charge in [-0.1, -0.05) is 6.07 Å². The van der Waals surface area contributed by atoms with Crippen LogP contribution in [0, 0.1) is 17.1 Å². The highest BCUT2D eigenvalue weighted by Gasteiger charge is 2.10. The highest BCUT2D eigenvalue weighted by Crippen LogP contribution is 2.25. The maximum absolute atomic E-state index is 13.3. The Morgan fingerprint density at radius 1 is 1.57 bits per heavy atom. The molecule has 1 aromatic rings. The van der Waals surface area contributed by atoms with E-state index in [0.29, 0.717) is 10.0 Å². The highest BCUT2D eigenvalue weighted by atomic mass is 79.9. The topological polar surface area (TPSA) is 49.8 Å². The molecule has 0 radical (unpaired) electrons. The number of halogens is 2. The van der Waals surface area contributed by atoms with E-state index in [2.05, 4.69) is 15.9 Å². The summed E-state index contributed by atoms with van der Waals surface area (Å²) in [6.45, 7) is 1.55. The molecule has 2 nitrogen and oxygen atoms in total. The summed E-state index contributed by atoms with van der Waals surface area (Å²) in [6, 6.07) is 6.43. The summed E-state index contributed by atoms with van der Waals surface area (Å²) in [5, 5.41) is 8.62. The third-order valence-electron chi connectivity index (χ3n) is 1.80. The first-order valence-corrected chi connectivity index (χ1v) is 4.68. The first kappa shape index (κ1) is 10.7. The molecule has 0 aliphatic heterocycles. The molecule has 0 unspecified atom stereocenters. The van der Waals surface area contributed by atoms with Crippen molar-refractivity contribution in [1.82, 2.24) is 0 Å². The Kier molecular flexibility index (Phi) is 3.26. The lowest BCUT2D eigenvalue weighted by Gasteiger charge is -2.06. The molecule has 0 saturated carbocycles. The van der Waals surface area contributed by atoms with Gasteiger partial charge in [-0.05, 0) is 35.0 Å². The van der Waals surface area contributed by atoms with Gasteiger partial charge in [0.2, 0.25) is 0 Å². The van der Waals surface area contributed by atoms with Gasteiger partial charge in [0, 0.05) is 10.0 Å². The van der Waals surface area contributed by atoms with Crippen LogP contribution in [0.1, 0.15) is 12.5 Å². The second-order valence-corrected chi connectivity index (χ2v) is 3.60. The number of nitriles is 1. The average molecular weight is 255 g/mol. The molecule has 2 N–H and O–H groups in total. The van der Waals surface area contributed by atoms with Crippen LogP contribution in [0.3, 0.4) is 0 Å². The Balaban J connectivity index is 3.42. The summed E-state index contributed by atoms with van der Waals surface area (Å²) in [5.74, 6) is -0.438. The molecule has 4 heteroatoms. The fourth-order valence-corrected chi connectivity index (χ4v) is 1.56. The van der Waals surface area contributed by atoms with Gasteiger partial charge in [-0.15, -0.1) is 0 Å². The predicted molar refractivity (Wildman–Crippen MR) is 56.5 cm³/mol. The van der Waals surface area contributed by atoms with E-state index in [-0.39, 0.29) is 11.3 Å². The summed E-state index contributed by atoms with van der Waals surface area (Å²) in [5.41, 5.74) is 6.35. The molecule has 72 valence electrons. The van der Waals surface area contributed by atoms with E-state index in [1.54, 1.807) is 19.1 Å². The summed E-state index contributed by atoms with van der Waals surface area (Å²) in [7, 11) is 0. The minimum Gasteiger partial charge on any atom is -0.397 e. The van der Waals surface area contributed by atoms with Gasteiger partial charge in [0.25, 0.3) is 0 Å². The van der Waals surface area contributed by atoms with Crippen LogP contribution in [0.4, 0.5) is 4.39 Å². The van der Waals surface area contributed by atoms with Gasteiger partial charge >= 0.3 is 0 Å². The van der Waals surface area contributed by atoms with Gasteiger partial charge in [-0.3, -0.25) is 0 Å². The maximum atomic E-state index is 13.3. The zero-order chi connectivity index (χ0) is 10.7. The van der Waals surface area contributed by atoms with Crippen molar-refractivity contribution in [3.8, 4) is 6.07 Å². The van der Waals surface area contributed by atoms with Gasteiger partial charge in [0.1, 0.15) is 5.82 Å². The summed E-state index contributed by atoms with van der Waals surface area (Å²) < 4.78 is 13.9. The normalized spacial score (nSPS) is 11.9. The van der Waals surface area contributed by atoms with Gasteiger partial charge < -0.3 is 5.73 Å². The zero-order valence-electron chi connectivity index (χ0n) is 7.51. The predicted octanol–water partition coefficient (Wildman–Crippen LogP) is 2.80. The van der Waals surface area contributed by atoms with Crippen molar-refractivity contribution in [3.05, 3.63) is 39.6 Å². The zero-order valence-corrected chi connectivity index (χ0v) is 9.10. The fourth-order valence-electron chi connectivity index (χ4n) is 1.00. The number of nitrogens with two attached hydrogens (primary N) is 1. The van der Waals surface area contributed by atoms with Crippen molar-refractivity contribution in [1.29, 1.82) is 5.26 Å². The van der Waals surface area contributed by atoms with Gasteiger partial charge in [0.15, 0.2) is 0 Å². The number of benzene rings is 1. The van der Waals surface area contributed by atoms with Gasteiger partial charge in [-0.2, -0.15) is 5.26 Å². The lowest BCUT2D eigenvalue weighted by Crippen LogP contribution is -2.02. The third kappa shape index (κ3) is 1.94. The second kappa shape index (κ2) is 4.25. The smallest absolute Gasteiger partial charge is 0.133 e. The summed E-state index contributed by atoms with van der Waals surface area (Å²) in [4.78, 5) is 0. The van der Waals surface area contributed by atoms with Crippen LogP contribution in [-0.4, -0.2) is 0 Å². The van der Waals surface area contributed by atoms with Crippen molar-refractivity contribution in [3.63, 3.8) is 0 Å². The van der Waals surface area contributed by atoms with E-state index in [0.717, 1.165) is 0 Å². The Bertz CT molecular complexity index is 412. The monoisotopic (exact) mass is 254 g/mol. The number of nitrogens with zero attached hydrogens (tertiary/aromatic N) is 1. The van der Waals surface area contributed by atoms with E-state index in [9.17, 15) is 4.39 Å². The average Bonchev–Trinajstić information content (AvgIpc) is 2.16. The molecule has 0 saturated heterocycles. The Morgan fingerprint density at radius 2 is 2.21 bits per heavy atom. The summed E-state index contributed by atoms with van der Waals surface area (Å²) >= 11 is 3.18. The number of rotatable bonds is 1. The summed E-state index contributed by atoms with van der Waals surface area (Å²) in [6.07, 6.45) is 0. The van der Waals surface area contributed by atoms with Gasteiger partial charge in [-0.25, -0.2) is 4.39 Å². The van der Waals surface area contributed by atoms with Crippen LogP contribution in [0.5, 0.6) is 0 Å². The maximum Gasteiger partial charge on any atom is 0.133 e. The molecular weight excluding hydrogens is 247 g/mol. The highest BCUT2D eigenvalue weighted by molar-refractivity contribution is 9.10. The third-order valence-corrected chi connectivity index (χ3v) is 2.46. The van der Waals surface area contributed by atoms with Crippen LogP contribution in [0.15, 0.2) is 28.2 Å². The first-order chi connectivity index (χ1) is 6.57. The quantitative estimate of drug-likeness (QED) is 0.784. The molecule has 0 atom stereocenters. The van der Waals surface area contributed by atoms with Crippen molar-refractivity contribution >= 4 is 21.6 Å². The molecule has 0 aliphatic rings. The minimum atomic E-state index is -0.438. The molecule has 0 aliphatic carbocycles. The van der Waals surface area contributed by atoms with Crippen molar-refractivity contribution in [2.75, 3.05) is 0 Å². The Labute approximate surface area is 90.0 Å². The SMILES string of the molecule is C/C(C#N)=C(/N)c1c(F)cccc1Br. The number of hydrogen-bond donors (Lipinski definition) is 1.